The van der Waals surface area contributed by atoms with Crippen molar-refractivity contribution < 1.29 is 0 Å². The van der Waals surface area contributed by atoms with E-state index in [0.29, 0.717) is 11.7 Å². The molecule has 4 heteroatoms. The Balaban J connectivity index is 1.92. The van der Waals surface area contributed by atoms with Crippen LogP contribution in [0.5, 0.6) is 0 Å². The average molecular weight is 284 g/mol. The molecule has 3 rings (SSSR count). The van der Waals surface area contributed by atoms with E-state index in [9.17, 15) is 0 Å². The van der Waals surface area contributed by atoms with Gasteiger partial charge in [0.2, 0.25) is 0 Å². The van der Waals surface area contributed by atoms with E-state index >= 15 is 0 Å². The van der Waals surface area contributed by atoms with Crippen LogP contribution in [0.25, 0.3) is 10.8 Å². The number of benzene rings is 2. The van der Waals surface area contributed by atoms with Crippen molar-refractivity contribution in [2.24, 2.45) is 0 Å². The quantitative estimate of drug-likeness (QED) is 0.783. The standard InChI is InChI=1S/C16H14ClN3/c1-11-6-2-3-7-12(11)10-18-16-14-9-5-4-8-13(14)15(17)19-20-16/h2-9H,10H2,1H3,(H,18,20). The summed E-state index contributed by atoms with van der Waals surface area (Å²) in [5.74, 6) is 0.758. The molecule has 1 N–H and O–H groups in total. The summed E-state index contributed by atoms with van der Waals surface area (Å²) in [6.07, 6.45) is 0. The molecule has 0 fully saturated rings. The molecule has 0 saturated carbocycles. The molecule has 3 aromatic rings. The van der Waals surface area contributed by atoms with Crippen LogP contribution in [0, 0.1) is 6.92 Å². The second-order valence-electron chi connectivity index (χ2n) is 4.67. The van der Waals surface area contributed by atoms with Crippen LogP contribution in [0.15, 0.2) is 48.5 Å². The molecule has 1 heterocycles. The van der Waals surface area contributed by atoms with Gasteiger partial charge in [0.05, 0.1) is 0 Å². The summed E-state index contributed by atoms with van der Waals surface area (Å²) < 4.78 is 0. The second kappa shape index (κ2) is 5.47. The van der Waals surface area contributed by atoms with E-state index in [4.69, 9.17) is 11.6 Å². The van der Waals surface area contributed by atoms with Crippen molar-refractivity contribution >= 4 is 28.2 Å². The highest BCUT2D eigenvalue weighted by atomic mass is 35.5. The minimum atomic E-state index is 0.432. The Kier molecular flexibility index (Phi) is 3.52. The molecule has 0 unspecified atom stereocenters. The van der Waals surface area contributed by atoms with E-state index in [1.54, 1.807) is 0 Å². The molecule has 0 amide bonds. The summed E-state index contributed by atoms with van der Waals surface area (Å²) in [7, 11) is 0. The number of aryl methyl sites for hydroxylation is 1. The average Bonchev–Trinajstić information content (AvgIpc) is 2.48. The number of nitrogens with one attached hydrogen (secondary N) is 1. The largest absolute Gasteiger partial charge is 0.364 e. The number of rotatable bonds is 3. The molecular formula is C16H14ClN3. The fraction of sp³-hybridized carbons (Fsp3) is 0.125. The molecule has 0 spiro atoms. The minimum absolute atomic E-state index is 0.432. The lowest BCUT2D eigenvalue weighted by Gasteiger charge is -2.10. The maximum atomic E-state index is 6.07. The van der Waals surface area contributed by atoms with Crippen LogP contribution in [-0.2, 0) is 6.54 Å². The van der Waals surface area contributed by atoms with Gasteiger partial charge in [-0.2, -0.15) is 0 Å². The Labute approximate surface area is 122 Å². The smallest absolute Gasteiger partial charge is 0.159 e. The molecule has 3 nitrogen and oxygen atoms in total. The molecule has 100 valence electrons. The van der Waals surface area contributed by atoms with Gasteiger partial charge in [-0.1, -0.05) is 60.1 Å². The van der Waals surface area contributed by atoms with Gasteiger partial charge in [0.25, 0.3) is 0 Å². The minimum Gasteiger partial charge on any atom is -0.364 e. The number of nitrogens with zero attached hydrogens (tertiary/aromatic N) is 2. The SMILES string of the molecule is Cc1ccccc1CNc1nnc(Cl)c2ccccc12. The number of halogens is 1. The first-order valence-electron chi connectivity index (χ1n) is 6.45. The third-order valence-electron chi connectivity index (χ3n) is 3.35. The van der Waals surface area contributed by atoms with Crippen molar-refractivity contribution in [2.75, 3.05) is 5.32 Å². The predicted molar refractivity (Wildman–Crippen MR) is 83.1 cm³/mol. The molecule has 0 aliphatic heterocycles. The molecular weight excluding hydrogens is 270 g/mol. The highest BCUT2D eigenvalue weighted by molar-refractivity contribution is 6.34. The van der Waals surface area contributed by atoms with E-state index in [0.717, 1.165) is 16.6 Å². The predicted octanol–water partition coefficient (Wildman–Crippen LogP) is 4.20. The van der Waals surface area contributed by atoms with Gasteiger partial charge >= 0.3 is 0 Å². The normalized spacial score (nSPS) is 10.7. The fourth-order valence-corrected chi connectivity index (χ4v) is 2.39. The van der Waals surface area contributed by atoms with Crippen molar-refractivity contribution in [3.05, 3.63) is 64.8 Å². The number of aromatic nitrogens is 2. The van der Waals surface area contributed by atoms with Crippen LogP contribution >= 0.6 is 11.6 Å². The lowest BCUT2D eigenvalue weighted by molar-refractivity contribution is 1.01. The van der Waals surface area contributed by atoms with Gasteiger partial charge < -0.3 is 5.32 Å². The first kappa shape index (κ1) is 12.9. The highest BCUT2D eigenvalue weighted by Gasteiger charge is 2.07. The van der Waals surface area contributed by atoms with E-state index in [1.165, 1.54) is 11.1 Å². The number of fused-ring (bicyclic) bond motifs is 1. The third-order valence-corrected chi connectivity index (χ3v) is 3.63. The second-order valence-corrected chi connectivity index (χ2v) is 5.02. The number of hydrogen-bond acceptors (Lipinski definition) is 3. The molecule has 20 heavy (non-hydrogen) atoms. The van der Waals surface area contributed by atoms with Crippen molar-refractivity contribution in [2.45, 2.75) is 13.5 Å². The third kappa shape index (κ3) is 2.45. The van der Waals surface area contributed by atoms with Crippen LogP contribution < -0.4 is 5.32 Å². The Morgan fingerprint density at radius 3 is 2.45 bits per heavy atom. The van der Waals surface area contributed by atoms with E-state index < -0.39 is 0 Å². The van der Waals surface area contributed by atoms with Gasteiger partial charge in [0.15, 0.2) is 11.0 Å². The van der Waals surface area contributed by atoms with Gasteiger partial charge in [-0.25, -0.2) is 0 Å². The summed E-state index contributed by atoms with van der Waals surface area (Å²) in [5.41, 5.74) is 2.50. The van der Waals surface area contributed by atoms with Crippen molar-refractivity contribution in [3.63, 3.8) is 0 Å². The van der Waals surface area contributed by atoms with Gasteiger partial charge in [0.1, 0.15) is 0 Å². The first-order chi connectivity index (χ1) is 9.75. The lowest BCUT2D eigenvalue weighted by atomic mass is 10.1. The van der Waals surface area contributed by atoms with Gasteiger partial charge in [-0.05, 0) is 18.1 Å². The van der Waals surface area contributed by atoms with Gasteiger partial charge in [-0.15, -0.1) is 10.2 Å². The monoisotopic (exact) mass is 283 g/mol. The van der Waals surface area contributed by atoms with E-state index in [2.05, 4.69) is 34.6 Å². The molecule has 0 aliphatic carbocycles. The molecule has 1 aromatic heterocycles. The zero-order chi connectivity index (χ0) is 13.9. The van der Waals surface area contributed by atoms with E-state index in [1.807, 2.05) is 36.4 Å². The molecule has 2 aromatic carbocycles. The van der Waals surface area contributed by atoms with Crippen molar-refractivity contribution in [1.29, 1.82) is 0 Å². The zero-order valence-electron chi connectivity index (χ0n) is 11.1. The fourth-order valence-electron chi connectivity index (χ4n) is 2.19. The Morgan fingerprint density at radius 2 is 1.65 bits per heavy atom. The summed E-state index contributed by atoms with van der Waals surface area (Å²) in [6, 6.07) is 16.1. The van der Waals surface area contributed by atoms with Gasteiger partial charge in [-0.3, -0.25) is 0 Å². The Morgan fingerprint density at radius 1 is 0.950 bits per heavy atom. The van der Waals surface area contributed by atoms with Crippen LogP contribution in [-0.4, -0.2) is 10.2 Å². The maximum Gasteiger partial charge on any atom is 0.159 e. The molecule has 0 bridgehead atoms. The number of hydrogen-bond donors (Lipinski definition) is 1. The first-order valence-corrected chi connectivity index (χ1v) is 6.83. The Hall–Kier alpha value is -2.13. The van der Waals surface area contributed by atoms with Crippen LogP contribution in [0.4, 0.5) is 5.82 Å². The topological polar surface area (TPSA) is 37.8 Å². The van der Waals surface area contributed by atoms with Gasteiger partial charge in [0, 0.05) is 17.3 Å². The Bertz CT molecular complexity index is 756. The summed E-state index contributed by atoms with van der Waals surface area (Å²) in [6.45, 7) is 2.82. The lowest BCUT2D eigenvalue weighted by Crippen LogP contribution is -2.04. The summed E-state index contributed by atoms with van der Waals surface area (Å²) in [5, 5.41) is 13.8. The zero-order valence-corrected chi connectivity index (χ0v) is 11.9. The van der Waals surface area contributed by atoms with Crippen LogP contribution in [0.2, 0.25) is 5.15 Å². The summed E-state index contributed by atoms with van der Waals surface area (Å²) in [4.78, 5) is 0. The molecule has 0 radical (unpaired) electrons. The summed E-state index contributed by atoms with van der Waals surface area (Å²) >= 11 is 6.07. The van der Waals surface area contributed by atoms with E-state index in [-0.39, 0.29) is 0 Å². The van der Waals surface area contributed by atoms with Crippen LogP contribution in [0.1, 0.15) is 11.1 Å². The highest BCUT2D eigenvalue weighted by Crippen LogP contribution is 2.25. The van der Waals surface area contributed by atoms with Crippen molar-refractivity contribution in [1.82, 2.24) is 10.2 Å². The molecule has 0 atom stereocenters. The molecule has 0 saturated heterocycles. The molecule has 0 aliphatic rings. The van der Waals surface area contributed by atoms with Crippen molar-refractivity contribution in [3.8, 4) is 0 Å². The number of anilines is 1. The van der Waals surface area contributed by atoms with Crippen LogP contribution in [0.3, 0.4) is 0 Å². The maximum absolute atomic E-state index is 6.07.